The quantitative estimate of drug-likeness (QED) is 0.913. The van der Waals surface area contributed by atoms with Crippen LogP contribution in [-0.2, 0) is 4.74 Å². The number of methoxy groups -OCH3 is 1. The summed E-state index contributed by atoms with van der Waals surface area (Å²) in [5.41, 5.74) is 0.730. The first-order valence-electron chi connectivity index (χ1n) is 8.45. The number of benzene rings is 1. The Balaban J connectivity index is 1.26. The molecular weight excluding hydrogens is 310 g/mol. The Morgan fingerprint density at radius 3 is 2.71 bits per heavy atom. The zero-order valence-electron chi connectivity index (χ0n) is 13.9. The van der Waals surface area contributed by atoms with E-state index in [0.29, 0.717) is 17.9 Å². The fourth-order valence-electron chi connectivity index (χ4n) is 3.51. The minimum absolute atomic E-state index is 0.0584. The maximum Gasteiger partial charge on any atom is 0.321 e. The van der Waals surface area contributed by atoms with Crippen molar-refractivity contribution in [2.24, 2.45) is 0 Å². The van der Waals surface area contributed by atoms with Gasteiger partial charge in [-0.3, -0.25) is 4.90 Å². The molecule has 2 saturated heterocycles. The van der Waals surface area contributed by atoms with E-state index in [4.69, 9.17) is 14.2 Å². The highest BCUT2D eigenvalue weighted by Gasteiger charge is 2.36. The summed E-state index contributed by atoms with van der Waals surface area (Å²) in [5, 5.41) is 2.93. The minimum Gasteiger partial charge on any atom is -0.454 e. The minimum atomic E-state index is -0.0584. The van der Waals surface area contributed by atoms with Crippen LogP contribution in [0.25, 0.3) is 0 Å². The number of ether oxygens (including phenoxy) is 3. The largest absolute Gasteiger partial charge is 0.454 e. The van der Waals surface area contributed by atoms with Gasteiger partial charge in [0, 0.05) is 51.1 Å². The van der Waals surface area contributed by atoms with E-state index in [1.165, 1.54) is 0 Å². The first-order chi connectivity index (χ1) is 11.7. The summed E-state index contributed by atoms with van der Waals surface area (Å²) >= 11 is 0. The number of amides is 2. The molecule has 3 aliphatic heterocycles. The van der Waals surface area contributed by atoms with Crippen LogP contribution in [0.15, 0.2) is 18.2 Å². The average Bonchev–Trinajstić information content (AvgIpc) is 3.02. The van der Waals surface area contributed by atoms with Gasteiger partial charge in [-0.1, -0.05) is 0 Å². The Morgan fingerprint density at radius 2 is 1.96 bits per heavy atom. The maximum absolute atomic E-state index is 12.3. The molecule has 0 atom stereocenters. The van der Waals surface area contributed by atoms with Crippen LogP contribution in [-0.4, -0.2) is 68.1 Å². The molecule has 0 bridgehead atoms. The monoisotopic (exact) mass is 333 g/mol. The summed E-state index contributed by atoms with van der Waals surface area (Å²) in [6.07, 6.45) is 2.55. The molecule has 0 aromatic heterocycles. The summed E-state index contributed by atoms with van der Waals surface area (Å²) in [5.74, 6) is 1.40. The standard InChI is InChI=1S/C17H23N3O4/c1-22-14-4-6-19(7-5-14)13-9-20(10-13)17(21)18-12-2-3-15-16(8-12)24-11-23-15/h2-3,8,13-14H,4-7,9-11H2,1H3,(H,18,21). The number of carbonyl (C=O) groups excluding carboxylic acids is 1. The Labute approximate surface area is 141 Å². The van der Waals surface area contributed by atoms with Crippen molar-refractivity contribution in [1.82, 2.24) is 9.80 Å². The van der Waals surface area contributed by atoms with Crippen molar-refractivity contribution in [3.63, 3.8) is 0 Å². The van der Waals surface area contributed by atoms with E-state index in [-0.39, 0.29) is 12.8 Å². The molecule has 7 heteroatoms. The van der Waals surface area contributed by atoms with Crippen molar-refractivity contribution >= 4 is 11.7 Å². The molecule has 24 heavy (non-hydrogen) atoms. The van der Waals surface area contributed by atoms with Crippen LogP contribution < -0.4 is 14.8 Å². The molecule has 0 saturated carbocycles. The van der Waals surface area contributed by atoms with Crippen LogP contribution in [0.1, 0.15) is 12.8 Å². The lowest BCUT2D eigenvalue weighted by Crippen LogP contribution is -2.63. The third-order valence-corrected chi connectivity index (χ3v) is 5.10. The third-order valence-electron chi connectivity index (χ3n) is 5.10. The lowest BCUT2D eigenvalue weighted by atomic mass is 10.0. The molecule has 130 valence electrons. The van der Waals surface area contributed by atoms with Gasteiger partial charge >= 0.3 is 6.03 Å². The molecule has 1 N–H and O–H groups in total. The molecule has 1 aromatic carbocycles. The first-order valence-corrected chi connectivity index (χ1v) is 8.45. The normalized spacial score (nSPS) is 21.6. The SMILES string of the molecule is COC1CCN(C2CN(C(=O)Nc3ccc4c(c3)OCO4)C2)CC1. The number of hydrogen-bond donors (Lipinski definition) is 1. The van der Waals surface area contributed by atoms with Gasteiger partial charge in [0.2, 0.25) is 6.79 Å². The lowest BCUT2D eigenvalue weighted by Gasteiger charge is -2.47. The zero-order chi connectivity index (χ0) is 16.5. The predicted octanol–water partition coefficient (Wildman–Crippen LogP) is 1.74. The number of nitrogens with zero attached hydrogens (tertiary/aromatic N) is 2. The number of hydrogen-bond acceptors (Lipinski definition) is 5. The number of piperidine rings is 1. The van der Waals surface area contributed by atoms with E-state index in [0.717, 1.165) is 50.5 Å². The van der Waals surface area contributed by atoms with Crippen molar-refractivity contribution in [2.75, 3.05) is 45.4 Å². The van der Waals surface area contributed by atoms with Crippen LogP contribution >= 0.6 is 0 Å². The molecule has 1 aromatic rings. The predicted molar refractivity (Wildman–Crippen MR) is 88.5 cm³/mol. The molecule has 0 radical (unpaired) electrons. The number of rotatable bonds is 3. The number of nitrogens with one attached hydrogen (secondary N) is 1. The van der Waals surface area contributed by atoms with Crippen molar-refractivity contribution in [3.8, 4) is 11.5 Å². The van der Waals surface area contributed by atoms with Gasteiger partial charge in [0.1, 0.15) is 0 Å². The summed E-state index contributed by atoms with van der Waals surface area (Å²) in [6.45, 7) is 3.92. The summed E-state index contributed by atoms with van der Waals surface area (Å²) in [7, 11) is 1.78. The van der Waals surface area contributed by atoms with Crippen LogP contribution in [0.2, 0.25) is 0 Å². The Hall–Kier alpha value is -1.99. The number of fused-ring (bicyclic) bond motifs is 1. The Morgan fingerprint density at radius 1 is 1.21 bits per heavy atom. The van der Waals surface area contributed by atoms with E-state index in [2.05, 4.69) is 10.2 Å². The van der Waals surface area contributed by atoms with E-state index in [1.807, 2.05) is 17.0 Å². The van der Waals surface area contributed by atoms with E-state index >= 15 is 0 Å². The van der Waals surface area contributed by atoms with Crippen LogP contribution in [0.4, 0.5) is 10.5 Å². The summed E-state index contributed by atoms with van der Waals surface area (Å²) < 4.78 is 16.0. The van der Waals surface area contributed by atoms with Gasteiger partial charge in [-0.25, -0.2) is 4.79 Å². The zero-order valence-corrected chi connectivity index (χ0v) is 13.9. The van der Waals surface area contributed by atoms with Gasteiger partial charge < -0.3 is 24.4 Å². The molecule has 2 amide bonds. The average molecular weight is 333 g/mol. The molecule has 0 aliphatic carbocycles. The van der Waals surface area contributed by atoms with Crippen molar-refractivity contribution in [3.05, 3.63) is 18.2 Å². The highest BCUT2D eigenvalue weighted by Crippen LogP contribution is 2.34. The van der Waals surface area contributed by atoms with E-state index < -0.39 is 0 Å². The van der Waals surface area contributed by atoms with Gasteiger partial charge in [-0.05, 0) is 25.0 Å². The highest BCUT2D eigenvalue weighted by molar-refractivity contribution is 5.90. The topological polar surface area (TPSA) is 63.3 Å². The van der Waals surface area contributed by atoms with E-state index in [9.17, 15) is 4.79 Å². The van der Waals surface area contributed by atoms with Crippen LogP contribution in [0.5, 0.6) is 11.5 Å². The fourth-order valence-corrected chi connectivity index (χ4v) is 3.51. The summed E-state index contributed by atoms with van der Waals surface area (Å²) in [6, 6.07) is 5.87. The smallest absolute Gasteiger partial charge is 0.321 e. The van der Waals surface area contributed by atoms with Crippen molar-refractivity contribution < 1.29 is 19.0 Å². The second-order valence-corrected chi connectivity index (χ2v) is 6.53. The van der Waals surface area contributed by atoms with Gasteiger partial charge in [-0.15, -0.1) is 0 Å². The van der Waals surface area contributed by atoms with Crippen molar-refractivity contribution in [1.29, 1.82) is 0 Å². The van der Waals surface area contributed by atoms with Gasteiger partial charge in [0.25, 0.3) is 0 Å². The van der Waals surface area contributed by atoms with Gasteiger partial charge in [0.15, 0.2) is 11.5 Å². The maximum atomic E-state index is 12.3. The molecule has 0 spiro atoms. The first kappa shape index (κ1) is 15.5. The second-order valence-electron chi connectivity index (χ2n) is 6.53. The second kappa shape index (κ2) is 6.49. The number of anilines is 1. The van der Waals surface area contributed by atoms with Crippen LogP contribution in [0.3, 0.4) is 0 Å². The Bertz CT molecular complexity index is 610. The van der Waals surface area contributed by atoms with Gasteiger partial charge in [-0.2, -0.15) is 0 Å². The molecule has 2 fully saturated rings. The summed E-state index contributed by atoms with van der Waals surface area (Å²) in [4.78, 5) is 16.6. The fraction of sp³-hybridized carbons (Fsp3) is 0.588. The van der Waals surface area contributed by atoms with E-state index in [1.54, 1.807) is 13.2 Å². The Kier molecular flexibility index (Phi) is 4.20. The number of likely N-dealkylation sites (tertiary alicyclic amines) is 2. The molecule has 0 unspecified atom stereocenters. The van der Waals surface area contributed by atoms with Gasteiger partial charge in [0.05, 0.1) is 6.10 Å². The van der Waals surface area contributed by atoms with Crippen LogP contribution in [0, 0.1) is 0 Å². The highest BCUT2D eigenvalue weighted by atomic mass is 16.7. The lowest BCUT2D eigenvalue weighted by molar-refractivity contribution is -0.00369. The van der Waals surface area contributed by atoms with Crippen molar-refractivity contribution in [2.45, 2.75) is 25.0 Å². The third kappa shape index (κ3) is 3.01. The molecule has 3 heterocycles. The molecule has 4 rings (SSSR count). The molecule has 7 nitrogen and oxygen atoms in total. The molecular formula is C17H23N3O4. The number of urea groups is 1. The number of carbonyl (C=O) groups is 1. The molecule has 3 aliphatic rings.